The number of benzene rings is 1. The summed E-state index contributed by atoms with van der Waals surface area (Å²) in [5.74, 6) is 0.406. The van der Waals surface area contributed by atoms with Crippen molar-refractivity contribution in [2.75, 3.05) is 20.2 Å². The smallest absolute Gasteiger partial charge is 0.243 e. The first-order valence-electron chi connectivity index (χ1n) is 8.08. The molecule has 1 aromatic rings. The molecular formula is C17H31NO3S. The molecular weight excluding hydrogens is 298 g/mol. The largest absolute Gasteiger partial charge is 0.379 e. The maximum Gasteiger partial charge on any atom is 0.243 e. The molecule has 0 unspecified atom stereocenters. The van der Waals surface area contributed by atoms with Crippen molar-refractivity contribution in [2.24, 2.45) is 0 Å². The van der Waals surface area contributed by atoms with E-state index in [1.807, 2.05) is 39.8 Å². The van der Waals surface area contributed by atoms with Crippen LogP contribution in [0.3, 0.4) is 0 Å². The fraction of sp³-hybridized carbons (Fsp3) is 0.647. The summed E-state index contributed by atoms with van der Waals surface area (Å²) >= 11 is 0. The van der Waals surface area contributed by atoms with E-state index < -0.39 is 10.0 Å². The van der Waals surface area contributed by atoms with Crippen LogP contribution < -0.4 is 0 Å². The molecule has 0 radical (unpaired) electrons. The Kier molecular flexibility index (Phi) is 9.56. The topological polar surface area (TPSA) is 46.6 Å². The van der Waals surface area contributed by atoms with Gasteiger partial charge in [-0.05, 0) is 23.6 Å². The third-order valence-corrected chi connectivity index (χ3v) is 5.18. The molecule has 0 aliphatic carbocycles. The van der Waals surface area contributed by atoms with Crippen molar-refractivity contribution in [3.63, 3.8) is 0 Å². The highest BCUT2D eigenvalue weighted by Gasteiger charge is 2.36. The summed E-state index contributed by atoms with van der Waals surface area (Å²) in [5.41, 5.74) is 1.15. The molecule has 0 spiro atoms. The van der Waals surface area contributed by atoms with Crippen molar-refractivity contribution in [3.05, 3.63) is 29.8 Å². The fourth-order valence-electron chi connectivity index (χ4n) is 1.92. The average molecular weight is 330 g/mol. The Bertz CT molecular complexity index is 503. The molecule has 0 amide bonds. The van der Waals surface area contributed by atoms with Gasteiger partial charge in [0.15, 0.2) is 0 Å². The second-order valence-corrected chi connectivity index (χ2v) is 6.84. The van der Waals surface area contributed by atoms with Gasteiger partial charge in [-0.25, -0.2) is 8.42 Å². The van der Waals surface area contributed by atoms with Crippen LogP contribution in [0.25, 0.3) is 0 Å². The van der Waals surface area contributed by atoms with Gasteiger partial charge in [0.25, 0.3) is 0 Å². The first-order chi connectivity index (χ1) is 10.4. The van der Waals surface area contributed by atoms with Crippen LogP contribution in [0.5, 0.6) is 0 Å². The molecule has 1 fully saturated rings. The third-order valence-electron chi connectivity index (χ3n) is 3.33. The summed E-state index contributed by atoms with van der Waals surface area (Å²) in [4.78, 5) is 0.362. The van der Waals surface area contributed by atoms with Crippen LogP contribution in [-0.4, -0.2) is 39.0 Å². The van der Waals surface area contributed by atoms with E-state index in [4.69, 9.17) is 4.74 Å². The molecule has 1 aliphatic rings. The minimum atomic E-state index is -3.33. The van der Waals surface area contributed by atoms with Crippen molar-refractivity contribution in [2.45, 2.75) is 58.5 Å². The van der Waals surface area contributed by atoms with Gasteiger partial charge in [-0.15, -0.1) is 0 Å². The van der Waals surface area contributed by atoms with E-state index in [0.29, 0.717) is 23.9 Å². The van der Waals surface area contributed by atoms with Crippen molar-refractivity contribution >= 4 is 10.0 Å². The predicted molar refractivity (Wildman–Crippen MR) is 92.8 cm³/mol. The Balaban J connectivity index is 0.00000102. The maximum absolute atomic E-state index is 12.2. The van der Waals surface area contributed by atoms with Crippen LogP contribution in [-0.2, 0) is 14.8 Å². The van der Waals surface area contributed by atoms with Crippen LogP contribution in [0, 0.1) is 0 Å². The van der Waals surface area contributed by atoms with Crippen molar-refractivity contribution in [3.8, 4) is 0 Å². The Morgan fingerprint density at radius 3 is 1.86 bits per heavy atom. The summed E-state index contributed by atoms with van der Waals surface area (Å²) < 4.78 is 31.0. The average Bonchev–Trinajstić information content (AvgIpc) is 2.50. The zero-order valence-electron chi connectivity index (χ0n) is 15.0. The molecule has 2 rings (SSSR count). The molecule has 0 N–H and O–H groups in total. The highest BCUT2D eigenvalue weighted by molar-refractivity contribution is 7.89. The molecule has 128 valence electrons. The zero-order valence-corrected chi connectivity index (χ0v) is 15.8. The van der Waals surface area contributed by atoms with E-state index in [0.717, 1.165) is 5.56 Å². The van der Waals surface area contributed by atoms with E-state index in [-0.39, 0.29) is 6.10 Å². The van der Waals surface area contributed by atoms with E-state index in [2.05, 4.69) is 13.8 Å². The molecule has 0 bridgehead atoms. The molecule has 1 saturated heterocycles. The zero-order chi connectivity index (χ0) is 17.3. The van der Waals surface area contributed by atoms with Crippen LogP contribution in [0.15, 0.2) is 29.2 Å². The standard InChI is InChI=1S/C13H19NO3S.2C2H6/c1-10(2)11-4-6-13(7-5-11)18(15,16)14-8-12(9-14)17-3;2*1-2/h4-7,10,12H,8-9H2,1-3H3;2*1-2H3. The Morgan fingerprint density at radius 2 is 1.50 bits per heavy atom. The normalized spacial score (nSPS) is 15.3. The molecule has 0 atom stereocenters. The quantitative estimate of drug-likeness (QED) is 0.842. The van der Waals surface area contributed by atoms with Crippen LogP contribution in [0.1, 0.15) is 53.0 Å². The monoisotopic (exact) mass is 329 g/mol. The minimum absolute atomic E-state index is 0.0368. The second-order valence-electron chi connectivity index (χ2n) is 4.90. The van der Waals surface area contributed by atoms with Gasteiger partial charge in [0, 0.05) is 20.2 Å². The lowest BCUT2D eigenvalue weighted by Crippen LogP contribution is -2.54. The summed E-state index contributed by atoms with van der Waals surface area (Å²) in [6, 6.07) is 7.13. The SMILES string of the molecule is CC.CC.COC1CN(S(=O)(=O)c2ccc(C(C)C)cc2)C1. The van der Waals surface area contributed by atoms with Crippen LogP contribution >= 0.6 is 0 Å². The van der Waals surface area contributed by atoms with Gasteiger partial charge in [0.05, 0.1) is 11.0 Å². The number of hydrogen-bond acceptors (Lipinski definition) is 3. The third kappa shape index (κ3) is 5.07. The highest BCUT2D eigenvalue weighted by Crippen LogP contribution is 2.24. The number of nitrogens with zero attached hydrogens (tertiary/aromatic N) is 1. The fourth-order valence-corrected chi connectivity index (χ4v) is 3.42. The summed E-state index contributed by atoms with van der Waals surface area (Å²) in [6.45, 7) is 13.1. The van der Waals surface area contributed by atoms with E-state index in [1.165, 1.54) is 4.31 Å². The summed E-state index contributed by atoms with van der Waals surface area (Å²) in [6.07, 6.45) is 0.0368. The van der Waals surface area contributed by atoms with E-state index >= 15 is 0 Å². The lowest BCUT2D eigenvalue weighted by Gasteiger charge is -2.36. The number of sulfonamides is 1. The number of hydrogen-bond donors (Lipinski definition) is 0. The molecule has 22 heavy (non-hydrogen) atoms. The lowest BCUT2D eigenvalue weighted by molar-refractivity contribution is 0.0125. The molecule has 5 heteroatoms. The van der Waals surface area contributed by atoms with Crippen LogP contribution in [0.2, 0.25) is 0 Å². The molecule has 1 aromatic carbocycles. The number of ether oxygens (including phenoxy) is 1. The molecule has 0 saturated carbocycles. The van der Waals surface area contributed by atoms with E-state index in [9.17, 15) is 8.42 Å². The van der Waals surface area contributed by atoms with Crippen molar-refractivity contribution in [1.29, 1.82) is 0 Å². The number of methoxy groups -OCH3 is 1. The maximum atomic E-state index is 12.2. The van der Waals surface area contributed by atoms with Gasteiger partial charge in [0.1, 0.15) is 0 Å². The number of rotatable bonds is 4. The molecule has 0 aromatic heterocycles. The highest BCUT2D eigenvalue weighted by atomic mass is 32.2. The molecule has 1 aliphatic heterocycles. The summed E-state index contributed by atoms with van der Waals surface area (Å²) in [7, 11) is -1.73. The van der Waals surface area contributed by atoms with Gasteiger partial charge in [-0.3, -0.25) is 0 Å². The van der Waals surface area contributed by atoms with Crippen molar-refractivity contribution < 1.29 is 13.2 Å². The van der Waals surface area contributed by atoms with Gasteiger partial charge >= 0.3 is 0 Å². The Hall–Kier alpha value is -0.910. The minimum Gasteiger partial charge on any atom is -0.379 e. The van der Waals surface area contributed by atoms with Gasteiger partial charge in [-0.1, -0.05) is 53.7 Å². The first kappa shape index (κ1) is 21.1. The lowest BCUT2D eigenvalue weighted by atomic mass is 10.0. The first-order valence-corrected chi connectivity index (χ1v) is 9.52. The van der Waals surface area contributed by atoms with Crippen LogP contribution in [0.4, 0.5) is 0 Å². The van der Waals surface area contributed by atoms with Gasteiger partial charge in [0.2, 0.25) is 10.0 Å². The second kappa shape index (κ2) is 9.98. The molecule has 4 nitrogen and oxygen atoms in total. The predicted octanol–water partition coefficient (Wildman–Crippen LogP) is 3.88. The molecule has 1 heterocycles. The van der Waals surface area contributed by atoms with Gasteiger partial charge < -0.3 is 4.74 Å². The van der Waals surface area contributed by atoms with E-state index in [1.54, 1.807) is 19.2 Å². The Labute approximate surface area is 136 Å². The van der Waals surface area contributed by atoms with Gasteiger partial charge in [-0.2, -0.15) is 4.31 Å². The Morgan fingerprint density at radius 1 is 1.05 bits per heavy atom. The van der Waals surface area contributed by atoms with Crippen molar-refractivity contribution in [1.82, 2.24) is 4.31 Å². The summed E-state index contributed by atoms with van der Waals surface area (Å²) in [5, 5.41) is 0.